The van der Waals surface area contributed by atoms with Crippen LogP contribution in [0.25, 0.3) is 32.3 Å². The smallest absolute Gasteiger partial charge is 0.542 e. The maximum atomic E-state index is 10.5. The summed E-state index contributed by atoms with van der Waals surface area (Å²) in [5.41, 5.74) is 1.36. The molecule has 0 aliphatic heterocycles. The molecule has 0 heterocycles. The molecule has 0 aromatic heterocycles. The van der Waals surface area contributed by atoms with Crippen LogP contribution in [0.1, 0.15) is 5.56 Å². The average molecular weight is 785 g/mol. The van der Waals surface area contributed by atoms with Gasteiger partial charge in [-0.2, -0.15) is 26.3 Å². The third-order valence-electron chi connectivity index (χ3n) is 7.05. The fraction of sp³-hybridized carbons (Fsp3) is 0.0811. The summed E-state index contributed by atoms with van der Waals surface area (Å²) in [6, 6.07) is 44.6. The molecule has 0 N–H and O–H groups in total. The first-order valence-corrected chi connectivity index (χ1v) is 15.5. The molecule has 49 heavy (non-hydrogen) atoms. The van der Waals surface area contributed by atoms with Crippen molar-refractivity contribution in [2.75, 3.05) is 0 Å². The topological polar surface area (TPSA) is 80.3 Å². The van der Waals surface area contributed by atoms with E-state index in [1.54, 1.807) is 0 Å². The molecular weight excluding hydrogens is 760 g/mol. The Bertz CT molecular complexity index is 1980. The van der Waals surface area contributed by atoms with E-state index in [-0.39, 0.29) is 20.4 Å². The molecule has 0 amide bonds. The van der Waals surface area contributed by atoms with Crippen molar-refractivity contribution in [1.29, 1.82) is 0 Å². The number of carbonyl (C=O) groups is 2. The van der Waals surface area contributed by atoms with Gasteiger partial charge in [-0.25, -0.2) is 0 Å². The Morgan fingerprint density at radius 1 is 0.571 bits per heavy atom. The van der Waals surface area contributed by atoms with Crippen molar-refractivity contribution < 1.29 is 66.6 Å². The van der Waals surface area contributed by atoms with Crippen LogP contribution in [0.5, 0.6) is 0 Å². The van der Waals surface area contributed by atoms with Gasteiger partial charge in [-0.3, -0.25) is 0 Å². The fourth-order valence-electron chi connectivity index (χ4n) is 5.06. The quantitative estimate of drug-likeness (QED) is 0.0900. The summed E-state index contributed by atoms with van der Waals surface area (Å²) >= 11 is 0. The van der Waals surface area contributed by atoms with E-state index in [9.17, 15) is 26.3 Å². The van der Waals surface area contributed by atoms with Crippen LogP contribution in [0.2, 0.25) is 0 Å². The molecule has 6 aromatic rings. The Labute approximate surface area is 292 Å². The number of benzene rings is 6. The van der Waals surface area contributed by atoms with Crippen molar-refractivity contribution >= 4 is 68.1 Å². The summed E-state index contributed by atoms with van der Waals surface area (Å²) in [4.78, 5) is 17.6. The first-order valence-electron chi connectivity index (χ1n) is 14.2. The predicted molar refractivity (Wildman–Crippen MR) is 174 cm³/mol. The van der Waals surface area contributed by atoms with Gasteiger partial charge in [-0.15, -0.1) is 6.58 Å². The molecule has 0 atom stereocenters. The summed E-state index contributed by atoms with van der Waals surface area (Å²) in [5.74, 6) is -6.01. The first-order chi connectivity index (χ1) is 22.7. The number of alkyl halides is 6. The van der Waals surface area contributed by atoms with Crippen molar-refractivity contribution in [1.82, 2.24) is 0 Å². The molecule has 12 heteroatoms. The zero-order chi connectivity index (χ0) is 35.1. The van der Waals surface area contributed by atoms with Gasteiger partial charge in [0.2, 0.25) is 0 Å². The molecule has 6 rings (SSSR count). The van der Waals surface area contributed by atoms with Crippen molar-refractivity contribution in [3.63, 3.8) is 0 Å². The van der Waals surface area contributed by atoms with E-state index in [1.165, 1.54) is 53.8 Å². The van der Waals surface area contributed by atoms with Crippen LogP contribution in [0, 0.1) is 0 Å². The minimum Gasteiger partial charge on any atom is -0.542 e. The number of aliphatic carboxylic acids is 2. The Hall–Kier alpha value is -4.55. The van der Waals surface area contributed by atoms with Crippen LogP contribution < -0.4 is 26.1 Å². The summed E-state index contributed by atoms with van der Waals surface area (Å²) in [7, 11) is -0.825. The van der Waals surface area contributed by atoms with E-state index in [1.807, 2.05) is 6.08 Å². The van der Waals surface area contributed by atoms with Gasteiger partial charge in [-0.05, 0) is 68.1 Å². The number of carboxylic acids is 2. The number of hydrogen-bond acceptors (Lipinski definition) is 4. The largest absolute Gasteiger partial charge is 2.00 e. The average Bonchev–Trinajstić information content (AvgIpc) is 3.05. The normalized spacial score (nSPS) is 11.2. The van der Waals surface area contributed by atoms with Crippen molar-refractivity contribution in [2.45, 2.75) is 18.8 Å². The maximum absolute atomic E-state index is 10.5. The second-order valence-corrected chi connectivity index (χ2v) is 12.3. The number of halogens is 6. The van der Waals surface area contributed by atoms with Crippen LogP contribution in [0.4, 0.5) is 26.3 Å². The van der Waals surface area contributed by atoms with E-state index >= 15 is 0 Å². The van der Waals surface area contributed by atoms with Gasteiger partial charge in [0.1, 0.15) is 11.9 Å². The number of allylic oxidation sites excluding steroid dienone is 1. The molecule has 254 valence electrons. The third-order valence-corrected chi connectivity index (χ3v) is 9.77. The zero-order valence-corrected chi connectivity index (χ0v) is 27.7. The SMILES string of the molecule is C=CCc1ccc2ccccc2c1P(c1cccc2ccccc12)c1cccc2ccccc12.O=C([O-])C(F)(F)F.O=C([O-])C(F)(F)F.[Pd+2]. The molecular formula is C37H25F6O4PPd. The van der Waals surface area contributed by atoms with E-state index in [2.05, 4.69) is 128 Å². The van der Waals surface area contributed by atoms with Gasteiger partial charge in [-0.1, -0.05) is 127 Å². The molecule has 0 fully saturated rings. The van der Waals surface area contributed by atoms with Crippen molar-refractivity contribution in [3.05, 3.63) is 140 Å². The molecule has 0 radical (unpaired) electrons. The fourth-order valence-corrected chi connectivity index (χ4v) is 8.06. The van der Waals surface area contributed by atoms with Crippen LogP contribution in [0.3, 0.4) is 0 Å². The number of carbonyl (C=O) groups excluding carboxylic acids is 2. The van der Waals surface area contributed by atoms with Gasteiger partial charge >= 0.3 is 32.8 Å². The van der Waals surface area contributed by atoms with Gasteiger partial charge < -0.3 is 19.8 Å². The molecule has 0 aliphatic rings. The van der Waals surface area contributed by atoms with Crippen molar-refractivity contribution in [3.8, 4) is 0 Å². The second-order valence-electron chi connectivity index (χ2n) is 10.2. The van der Waals surface area contributed by atoms with Crippen LogP contribution in [0.15, 0.2) is 134 Å². The van der Waals surface area contributed by atoms with Crippen LogP contribution in [-0.4, -0.2) is 24.3 Å². The van der Waals surface area contributed by atoms with Crippen LogP contribution >= 0.6 is 7.92 Å². The van der Waals surface area contributed by atoms with Crippen molar-refractivity contribution in [2.24, 2.45) is 0 Å². The molecule has 0 unspecified atom stereocenters. The Morgan fingerprint density at radius 2 is 0.918 bits per heavy atom. The Balaban J connectivity index is 0.000000368. The Morgan fingerprint density at radius 3 is 1.31 bits per heavy atom. The van der Waals surface area contributed by atoms with Crippen LogP contribution in [-0.2, 0) is 36.4 Å². The monoisotopic (exact) mass is 784 g/mol. The zero-order valence-electron chi connectivity index (χ0n) is 25.2. The van der Waals surface area contributed by atoms with Gasteiger partial charge in [0.05, 0.1) is 0 Å². The molecule has 0 saturated carbocycles. The number of carboxylic acid groups (broad SMARTS) is 2. The molecule has 4 nitrogen and oxygen atoms in total. The number of fused-ring (bicyclic) bond motifs is 3. The summed E-state index contributed by atoms with van der Waals surface area (Å²) in [6.45, 7) is 4.09. The molecule has 0 saturated heterocycles. The number of hydrogen-bond donors (Lipinski definition) is 0. The Kier molecular flexibility index (Phi) is 13.3. The van der Waals surface area contributed by atoms with E-state index in [0.29, 0.717) is 0 Å². The third kappa shape index (κ3) is 9.54. The molecule has 0 spiro atoms. The number of rotatable bonds is 5. The standard InChI is InChI=1S/C33H25P.2C2HF3O2.Pd/c1-2-11-27-23-22-26-14-5-8-19-30(26)33(27)34(31-20-9-15-24-12-3-6-17-28(24)31)32-21-10-16-25-13-4-7-18-29(25)32;2*3-2(4,5)1(6)7;/h2-10,12-23H,1,11H2;2*(H,6,7);/q;;;+2/p-2. The maximum Gasteiger partial charge on any atom is 2.00 e. The van der Waals surface area contributed by atoms with E-state index in [4.69, 9.17) is 19.8 Å². The molecule has 6 aromatic carbocycles. The molecule has 0 bridgehead atoms. The van der Waals surface area contributed by atoms with Gasteiger partial charge in [0.25, 0.3) is 0 Å². The first kappa shape index (κ1) is 38.9. The van der Waals surface area contributed by atoms with E-state index < -0.39 is 32.2 Å². The summed E-state index contributed by atoms with van der Waals surface area (Å²) < 4.78 is 63.1. The molecule has 0 aliphatic carbocycles. The summed E-state index contributed by atoms with van der Waals surface area (Å²) in [6.07, 6.45) is -7.50. The van der Waals surface area contributed by atoms with Gasteiger partial charge in [0.15, 0.2) is 0 Å². The minimum absolute atomic E-state index is 0. The minimum atomic E-state index is -5.19. The predicted octanol–water partition coefficient (Wildman–Crippen LogP) is 6.23. The summed E-state index contributed by atoms with van der Waals surface area (Å²) in [5, 5.41) is 29.7. The second kappa shape index (κ2) is 16.7. The van der Waals surface area contributed by atoms with Gasteiger partial charge in [0, 0.05) is 0 Å². The van der Waals surface area contributed by atoms with E-state index in [0.717, 1.165) is 6.42 Å².